The van der Waals surface area contributed by atoms with E-state index in [9.17, 15) is 9.59 Å². The Balaban J connectivity index is 1.97. The van der Waals surface area contributed by atoms with E-state index in [1.54, 1.807) is 0 Å². The summed E-state index contributed by atoms with van der Waals surface area (Å²) in [6.07, 6.45) is 9.87. The Morgan fingerprint density at radius 3 is 3.00 bits per heavy atom. The van der Waals surface area contributed by atoms with Crippen molar-refractivity contribution < 1.29 is 19.1 Å². The first kappa shape index (κ1) is 15.1. The Kier molecular flexibility index (Phi) is 4.98. The van der Waals surface area contributed by atoms with E-state index in [0.29, 0.717) is 5.76 Å². The van der Waals surface area contributed by atoms with Crippen LogP contribution in [0.3, 0.4) is 0 Å². The largest absolute Gasteiger partial charge is 0.478 e. The van der Waals surface area contributed by atoms with Crippen molar-refractivity contribution in [3.05, 3.63) is 42.4 Å². The van der Waals surface area contributed by atoms with Crippen LogP contribution < -0.4 is 0 Å². The lowest BCUT2D eigenvalue weighted by molar-refractivity contribution is -0.126. The van der Waals surface area contributed by atoms with Crippen molar-refractivity contribution in [3.8, 4) is 0 Å². The van der Waals surface area contributed by atoms with E-state index in [-0.39, 0.29) is 17.5 Å². The third-order valence-corrected chi connectivity index (χ3v) is 3.62. The number of allylic oxidation sites excluding steroid dienone is 1. The lowest BCUT2D eigenvalue weighted by atomic mass is 10.1. The molecule has 0 spiro atoms. The first-order valence-electron chi connectivity index (χ1n) is 7.03. The van der Waals surface area contributed by atoms with E-state index in [1.165, 1.54) is 18.2 Å². The number of furan rings is 1. The van der Waals surface area contributed by atoms with Crippen molar-refractivity contribution in [2.75, 3.05) is 6.54 Å². The Bertz CT molecular complexity index is 558. The quantitative estimate of drug-likeness (QED) is 0.645. The van der Waals surface area contributed by atoms with Gasteiger partial charge in [-0.3, -0.25) is 4.79 Å². The second-order valence-corrected chi connectivity index (χ2v) is 5.07. The van der Waals surface area contributed by atoms with Crippen LogP contribution >= 0.6 is 0 Å². The number of carbonyl (C=O) groups is 2. The highest BCUT2D eigenvalue weighted by atomic mass is 16.4. The van der Waals surface area contributed by atoms with Crippen LogP contribution in [0.1, 0.15) is 41.8 Å². The highest BCUT2D eigenvalue weighted by Gasteiger charge is 2.26. The Morgan fingerprint density at radius 1 is 1.52 bits per heavy atom. The van der Waals surface area contributed by atoms with Gasteiger partial charge in [-0.15, -0.1) is 6.58 Å². The summed E-state index contributed by atoms with van der Waals surface area (Å²) in [7, 11) is 0. The fourth-order valence-corrected chi connectivity index (χ4v) is 2.54. The molecule has 0 saturated carbocycles. The number of carboxylic acids is 1. The molecule has 0 aliphatic carbocycles. The van der Waals surface area contributed by atoms with Gasteiger partial charge in [0.05, 0.1) is 5.56 Å². The van der Waals surface area contributed by atoms with E-state index < -0.39 is 5.97 Å². The second-order valence-electron chi connectivity index (χ2n) is 5.07. The van der Waals surface area contributed by atoms with Gasteiger partial charge in [0.15, 0.2) is 0 Å². The van der Waals surface area contributed by atoms with Crippen LogP contribution in [-0.2, 0) is 4.79 Å². The average Bonchev–Trinajstić information content (AvgIpc) is 3.11. The predicted molar refractivity (Wildman–Crippen MR) is 78.9 cm³/mol. The van der Waals surface area contributed by atoms with Crippen LogP contribution in [0.15, 0.2) is 35.5 Å². The van der Waals surface area contributed by atoms with Gasteiger partial charge < -0.3 is 14.4 Å². The SMILES string of the molecule is C=CCCC1CCCN1C(=O)/C=C/c1cc(C(=O)O)co1. The molecule has 1 aromatic heterocycles. The van der Waals surface area contributed by atoms with Crippen LogP contribution in [0.5, 0.6) is 0 Å². The molecule has 5 heteroatoms. The summed E-state index contributed by atoms with van der Waals surface area (Å²) in [6, 6.07) is 1.66. The van der Waals surface area contributed by atoms with Gasteiger partial charge >= 0.3 is 5.97 Å². The van der Waals surface area contributed by atoms with Crippen LogP contribution in [-0.4, -0.2) is 34.5 Å². The van der Waals surface area contributed by atoms with E-state index in [4.69, 9.17) is 9.52 Å². The summed E-state index contributed by atoms with van der Waals surface area (Å²) in [5.74, 6) is -0.744. The van der Waals surface area contributed by atoms with E-state index in [1.807, 2.05) is 11.0 Å². The number of hydrogen-bond acceptors (Lipinski definition) is 3. The molecular weight excluding hydrogens is 270 g/mol. The standard InChI is InChI=1S/C16H19NO4/c1-2-3-5-13-6-4-9-17(13)15(18)8-7-14-10-12(11-21-14)16(19)20/h2,7-8,10-11,13H,1,3-6,9H2,(H,19,20)/b8-7+. The second kappa shape index (κ2) is 6.92. The highest BCUT2D eigenvalue weighted by Crippen LogP contribution is 2.22. The van der Waals surface area contributed by atoms with Gasteiger partial charge in [-0.1, -0.05) is 6.08 Å². The molecule has 1 saturated heterocycles. The maximum Gasteiger partial charge on any atom is 0.338 e. The lowest BCUT2D eigenvalue weighted by Crippen LogP contribution is -2.34. The van der Waals surface area contributed by atoms with Gasteiger partial charge in [0.2, 0.25) is 5.91 Å². The molecule has 2 rings (SSSR count). The monoisotopic (exact) mass is 289 g/mol. The molecule has 0 radical (unpaired) electrons. The number of carbonyl (C=O) groups excluding carboxylic acids is 1. The first-order chi connectivity index (χ1) is 10.1. The van der Waals surface area contributed by atoms with Gasteiger partial charge in [-0.2, -0.15) is 0 Å². The number of likely N-dealkylation sites (tertiary alicyclic amines) is 1. The van der Waals surface area contributed by atoms with Gasteiger partial charge in [0.25, 0.3) is 0 Å². The molecule has 1 aliphatic heterocycles. The maximum absolute atomic E-state index is 12.2. The van der Waals surface area contributed by atoms with Gasteiger partial charge in [-0.25, -0.2) is 4.79 Å². The molecule has 1 unspecified atom stereocenters. The fraction of sp³-hybridized carbons (Fsp3) is 0.375. The number of aromatic carboxylic acids is 1. The molecule has 0 bridgehead atoms. The minimum absolute atomic E-state index is 0.0603. The van der Waals surface area contributed by atoms with Crippen LogP contribution in [0, 0.1) is 0 Å². The van der Waals surface area contributed by atoms with Gasteiger partial charge in [-0.05, 0) is 37.8 Å². The summed E-state index contributed by atoms with van der Waals surface area (Å²) in [4.78, 5) is 24.8. The summed E-state index contributed by atoms with van der Waals surface area (Å²) in [5.41, 5.74) is 0.0760. The molecule has 21 heavy (non-hydrogen) atoms. The minimum Gasteiger partial charge on any atom is -0.478 e. The number of amides is 1. The zero-order valence-electron chi connectivity index (χ0n) is 11.8. The third kappa shape index (κ3) is 3.84. The van der Waals surface area contributed by atoms with Crippen molar-refractivity contribution in [1.29, 1.82) is 0 Å². The Morgan fingerprint density at radius 2 is 2.33 bits per heavy atom. The van der Waals surface area contributed by atoms with Crippen molar-refractivity contribution in [1.82, 2.24) is 4.90 Å². The minimum atomic E-state index is -1.05. The molecule has 1 atom stereocenters. The normalized spacial score (nSPS) is 18.3. The Hall–Kier alpha value is -2.30. The predicted octanol–water partition coefficient (Wildman–Crippen LogP) is 2.95. The molecule has 5 nitrogen and oxygen atoms in total. The fourth-order valence-electron chi connectivity index (χ4n) is 2.54. The van der Waals surface area contributed by atoms with Crippen LogP contribution in [0.4, 0.5) is 0 Å². The smallest absolute Gasteiger partial charge is 0.338 e. The number of rotatable bonds is 6. The van der Waals surface area contributed by atoms with Crippen molar-refractivity contribution in [2.45, 2.75) is 31.7 Å². The number of nitrogens with zero attached hydrogens (tertiary/aromatic N) is 1. The lowest BCUT2D eigenvalue weighted by Gasteiger charge is -2.22. The Labute approximate surface area is 123 Å². The zero-order chi connectivity index (χ0) is 15.2. The van der Waals surface area contributed by atoms with Crippen molar-refractivity contribution >= 4 is 18.0 Å². The molecule has 1 amide bonds. The summed E-state index contributed by atoms with van der Waals surface area (Å²) >= 11 is 0. The average molecular weight is 289 g/mol. The van der Waals surface area contributed by atoms with Crippen LogP contribution in [0.2, 0.25) is 0 Å². The molecular formula is C16H19NO4. The molecule has 1 fully saturated rings. The highest BCUT2D eigenvalue weighted by molar-refractivity contribution is 5.92. The van der Waals surface area contributed by atoms with Crippen molar-refractivity contribution in [2.24, 2.45) is 0 Å². The summed E-state index contributed by atoms with van der Waals surface area (Å²) in [5, 5.41) is 8.80. The molecule has 1 aromatic rings. The van der Waals surface area contributed by atoms with Gasteiger partial charge in [0.1, 0.15) is 12.0 Å². The molecule has 112 valence electrons. The topological polar surface area (TPSA) is 70.8 Å². The first-order valence-corrected chi connectivity index (χ1v) is 7.03. The van der Waals surface area contributed by atoms with E-state index >= 15 is 0 Å². The third-order valence-electron chi connectivity index (χ3n) is 3.62. The number of carboxylic acid groups (broad SMARTS) is 1. The molecule has 2 heterocycles. The number of hydrogen-bond donors (Lipinski definition) is 1. The molecule has 0 aromatic carbocycles. The molecule has 1 N–H and O–H groups in total. The van der Waals surface area contributed by atoms with E-state index in [2.05, 4.69) is 6.58 Å². The van der Waals surface area contributed by atoms with E-state index in [0.717, 1.165) is 38.5 Å². The van der Waals surface area contributed by atoms with Crippen LogP contribution in [0.25, 0.3) is 6.08 Å². The molecule has 1 aliphatic rings. The van der Waals surface area contributed by atoms with Gasteiger partial charge in [0, 0.05) is 18.7 Å². The maximum atomic E-state index is 12.2. The summed E-state index contributed by atoms with van der Waals surface area (Å²) in [6.45, 7) is 4.47. The van der Waals surface area contributed by atoms with Crippen molar-refractivity contribution in [3.63, 3.8) is 0 Å². The summed E-state index contributed by atoms with van der Waals surface area (Å²) < 4.78 is 5.08. The zero-order valence-corrected chi connectivity index (χ0v) is 11.8.